The van der Waals surface area contributed by atoms with Gasteiger partial charge in [0.25, 0.3) is 19.9 Å². The lowest BCUT2D eigenvalue weighted by atomic mass is 9.87. The summed E-state index contributed by atoms with van der Waals surface area (Å²) in [5.41, 5.74) is -7.13. The molecule has 0 spiro atoms. The zero-order chi connectivity index (χ0) is 36.9. The minimum absolute atomic E-state index is 0.0689. The van der Waals surface area contributed by atoms with Crippen molar-refractivity contribution in [3.8, 4) is 5.75 Å². The smallest absolute Gasteiger partial charge is 0.466 e. The third kappa shape index (κ3) is 8.41. The third-order valence-electron chi connectivity index (χ3n) is 8.48. The van der Waals surface area contributed by atoms with E-state index in [1.807, 2.05) is 9.62 Å². The number of allylic oxidation sites excluding steroid dienone is 2. The van der Waals surface area contributed by atoms with Crippen LogP contribution in [-0.4, -0.2) is 88.0 Å². The van der Waals surface area contributed by atoms with Crippen molar-refractivity contribution < 1.29 is 49.0 Å². The highest BCUT2D eigenvalue weighted by atomic mass is 32.2. The van der Waals surface area contributed by atoms with Crippen molar-refractivity contribution in [3.63, 3.8) is 0 Å². The number of H-pyrrole nitrogens is 1. The molecule has 2 aromatic heterocycles. The number of alkyl halides is 3. The molecule has 3 aromatic rings. The summed E-state index contributed by atoms with van der Waals surface area (Å²) < 4.78 is 114. The Labute approximate surface area is 294 Å². The Morgan fingerprint density at radius 3 is 2.47 bits per heavy atom. The van der Waals surface area contributed by atoms with Gasteiger partial charge >= 0.3 is 5.51 Å². The van der Waals surface area contributed by atoms with E-state index < -0.39 is 64.7 Å². The number of halogens is 3. The van der Waals surface area contributed by atoms with Gasteiger partial charge < -0.3 is 24.5 Å². The van der Waals surface area contributed by atoms with Crippen molar-refractivity contribution in [2.24, 2.45) is 5.92 Å². The zero-order valence-corrected chi connectivity index (χ0v) is 29.6. The monoisotopic (exact) mass is 755 g/mol. The van der Waals surface area contributed by atoms with E-state index in [1.165, 1.54) is 12.3 Å². The summed E-state index contributed by atoms with van der Waals surface area (Å²) in [6.45, 7) is 5.05. The number of anilines is 1. The number of likely N-dealkylation sites (tertiary alicyclic amines) is 1. The van der Waals surface area contributed by atoms with Crippen LogP contribution in [0.15, 0.2) is 76.8 Å². The summed E-state index contributed by atoms with van der Waals surface area (Å²) in [6.07, 6.45) is 11.5. The Hall–Kier alpha value is -3.97. The second-order valence-corrected chi connectivity index (χ2v) is 15.4. The number of fused-ring (bicyclic) bond motifs is 1. The molecule has 1 aromatic carbocycles. The van der Waals surface area contributed by atoms with Crippen molar-refractivity contribution in [2.45, 2.75) is 66.8 Å². The predicted molar refractivity (Wildman–Crippen MR) is 182 cm³/mol. The van der Waals surface area contributed by atoms with Crippen LogP contribution in [0.3, 0.4) is 0 Å². The van der Waals surface area contributed by atoms with Crippen LogP contribution >= 0.6 is 0 Å². The van der Waals surface area contributed by atoms with E-state index in [2.05, 4.69) is 15.3 Å². The minimum atomic E-state index is -6.05. The van der Waals surface area contributed by atoms with Crippen molar-refractivity contribution in [3.05, 3.63) is 67.0 Å². The first-order valence-electron chi connectivity index (χ1n) is 16.4. The number of aromatic nitrogens is 2. The van der Waals surface area contributed by atoms with E-state index in [-0.39, 0.29) is 13.0 Å². The van der Waals surface area contributed by atoms with Crippen LogP contribution in [-0.2, 0) is 34.1 Å². The van der Waals surface area contributed by atoms with Gasteiger partial charge in [0.2, 0.25) is 5.91 Å². The lowest BCUT2D eigenvalue weighted by Crippen LogP contribution is -2.62. The van der Waals surface area contributed by atoms with Gasteiger partial charge in [-0.1, -0.05) is 24.6 Å². The van der Waals surface area contributed by atoms with Gasteiger partial charge in [-0.2, -0.15) is 13.2 Å². The van der Waals surface area contributed by atoms with Gasteiger partial charge in [-0.15, -0.1) is 0 Å². The van der Waals surface area contributed by atoms with Gasteiger partial charge in [-0.05, 0) is 63.1 Å². The largest absolute Gasteiger partial charge is 0.501 e. The molecule has 1 aliphatic carbocycles. The molecule has 2 unspecified atom stereocenters. The molecule has 0 saturated carbocycles. The Morgan fingerprint density at radius 2 is 1.78 bits per heavy atom. The summed E-state index contributed by atoms with van der Waals surface area (Å²) >= 11 is 0. The summed E-state index contributed by atoms with van der Waals surface area (Å²) in [5.74, 6) is -2.00. The van der Waals surface area contributed by atoms with Crippen LogP contribution < -0.4 is 14.8 Å². The standard InChI is InChI=1S/C33H40F3N5O8S2/c1-3-47-29(48-4-2)14-17-37-27-12-11-25(21-28(27)50(43,44)33(34,35)36)51(45,46)40-31(42)26-10-6-7-15-32(26,41-18-8-5-9-19-41)49-24-20-23-13-16-38-30(23)39-22-24/h6-7,10-13,15-16,20-22,26,29,37H,3-5,8-9,14,17-19H2,1-2H3,(H,38,39)(H,40,42). The molecule has 0 radical (unpaired) electrons. The Morgan fingerprint density at radius 1 is 1.06 bits per heavy atom. The van der Waals surface area contributed by atoms with Crippen LogP contribution in [0, 0.1) is 5.92 Å². The number of nitrogens with zero attached hydrogens (tertiary/aromatic N) is 2. The molecular weight excluding hydrogens is 716 g/mol. The van der Waals surface area contributed by atoms with Gasteiger partial charge in [0.05, 0.1) is 16.8 Å². The number of pyridine rings is 1. The molecule has 18 heteroatoms. The number of nitrogens with one attached hydrogen (secondary N) is 3. The van der Waals surface area contributed by atoms with E-state index in [0.717, 1.165) is 36.8 Å². The van der Waals surface area contributed by atoms with Gasteiger partial charge in [-0.3, -0.25) is 9.69 Å². The fourth-order valence-corrected chi connectivity index (χ4v) is 8.15. The number of ether oxygens (including phenoxy) is 3. The summed E-state index contributed by atoms with van der Waals surface area (Å²) in [5, 5.41) is 3.36. The van der Waals surface area contributed by atoms with E-state index >= 15 is 0 Å². The Bertz CT molecular complexity index is 1970. The highest BCUT2D eigenvalue weighted by Crippen LogP contribution is 2.38. The van der Waals surface area contributed by atoms with E-state index in [0.29, 0.717) is 43.8 Å². The SMILES string of the molecule is CCOC(CCNc1ccc(S(=O)(=O)NC(=O)C2C=CC=CC2(Oc2cnc3[nH]ccc3c2)N2CCCCC2)cc1S(=O)(=O)C(F)(F)F)OCC. The first-order valence-corrected chi connectivity index (χ1v) is 19.4. The molecule has 13 nitrogen and oxygen atoms in total. The average molecular weight is 756 g/mol. The van der Waals surface area contributed by atoms with E-state index in [9.17, 15) is 34.8 Å². The number of hydrogen-bond acceptors (Lipinski definition) is 11. The number of amides is 1. The highest BCUT2D eigenvalue weighted by Gasteiger charge is 2.50. The van der Waals surface area contributed by atoms with Gasteiger partial charge in [0.1, 0.15) is 22.2 Å². The van der Waals surface area contributed by atoms with Crippen molar-refractivity contribution in [2.75, 3.05) is 38.2 Å². The number of piperidine rings is 1. The molecule has 2 aliphatic rings. The topological polar surface area (TPSA) is 169 Å². The lowest BCUT2D eigenvalue weighted by Gasteiger charge is -2.47. The van der Waals surface area contributed by atoms with Crippen molar-refractivity contribution in [1.29, 1.82) is 0 Å². The third-order valence-corrected chi connectivity index (χ3v) is 11.3. The maximum absolute atomic E-state index is 14.0. The number of rotatable bonds is 15. The molecule has 1 fully saturated rings. The number of benzene rings is 1. The van der Waals surface area contributed by atoms with E-state index in [4.69, 9.17) is 14.2 Å². The number of hydrogen-bond donors (Lipinski definition) is 3. The first kappa shape index (κ1) is 38.3. The fraction of sp³-hybridized carbons (Fsp3) is 0.455. The maximum atomic E-state index is 14.0. The molecule has 5 rings (SSSR count). The van der Waals surface area contributed by atoms with E-state index in [1.54, 1.807) is 50.4 Å². The molecule has 2 atom stereocenters. The molecule has 0 bridgehead atoms. The van der Waals surface area contributed by atoms with Crippen LogP contribution in [0.5, 0.6) is 5.75 Å². The van der Waals surface area contributed by atoms with Gasteiger partial charge in [0, 0.05) is 50.9 Å². The van der Waals surface area contributed by atoms with Crippen molar-refractivity contribution in [1.82, 2.24) is 19.6 Å². The lowest BCUT2D eigenvalue weighted by molar-refractivity contribution is -0.138. The molecule has 1 aliphatic heterocycles. The number of aromatic amines is 1. The maximum Gasteiger partial charge on any atom is 0.501 e. The van der Waals surface area contributed by atoms with Gasteiger partial charge in [0.15, 0.2) is 12.0 Å². The van der Waals surface area contributed by atoms with Crippen LogP contribution in [0.2, 0.25) is 0 Å². The highest BCUT2D eigenvalue weighted by molar-refractivity contribution is 7.92. The molecule has 3 N–H and O–H groups in total. The van der Waals surface area contributed by atoms with Crippen LogP contribution in [0.25, 0.3) is 11.0 Å². The Balaban J connectivity index is 1.45. The minimum Gasteiger partial charge on any atom is -0.466 e. The Kier molecular flexibility index (Phi) is 11.8. The molecule has 278 valence electrons. The van der Waals surface area contributed by atoms with Gasteiger partial charge in [-0.25, -0.2) is 26.5 Å². The fourth-order valence-electron chi connectivity index (χ4n) is 6.09. The molecule has 1 amide bonds. The summed E-state index contributed by atoms with van der Waals surface area (Å²) in [7, 11) is -11.0. The summed E-state index contributed by atoms with van der Waals surface area (Å²) in [4.78, 5) is 21.1. The van der Waals surface area contributed by atoms with Crippen LogP contribution in [0.4, 0.5) is 18.9 Å². The number of sulfone groups is 1. The first-order chi connectivity index (χ1) is 24.2. The number of carbonyl (C=O) groups excluding carboxylic acids is 1. The average Bonchev–Trinajstić information content (AvgIpc) is 3.56. The molecular formula is C33H40F3N5O8S2. The van der Waals surface area contributed by atoms with Crippen LogP contribution in [0.1, 0.15) is 39.5 Å². The second kappa shape index (κ2) is 15.7. The predicted octanol–water partition coefficient (Wildman–Crippen LogP) is 4.87. The molecule has 51 heavy (non-hydrogen) atoms. The zero-order valence-electron chi connectivity index (χ0n) is 28.0. The summed E-state index contributed by atoms with van der Waals surface area (Å²) in [6, 6.07) is 5.73. The van der Waals surface area contributed by atoms with Crippen molar-refractivity contribution >= 4 is 42.5 Å². The molecule has 1 saturated heterocycles. The second-order valence-electron chi connectivity index (χ2n) is 11.8. The number of sulfonamides is 1. The normalized spacial score (nSPS) is 20.2. The number of carbonyl (C=O) groups is 1. The molecule has 3 heterocycles. The quantitative estimate of drug-likeness (QED) is 0.181.